The van der Waals surface area contributed by atoms with Crippen molar-refractivity contribution in [2.75, 3.05) is 18.9 Å². The van der Waals surface area contributed by atoms with Gasteiger partial charge in [0, 0.05) is 11.8 Å². The maximum Gasteiger partial charge on any atom is 0.245 e. The SMILES string of the molecule is COc1ncnc(OC)c1-n1c(NS(=O)(=O)[C@@H](C)[C@H](C)c2ncc(F)cn2)nnc1C1CCC1. The van der Waals surface area contributed by atoms with E-state index in [-0.39, 0.29) is 29.5 Å². The van der Waals surface area contributed by atoms with Crippen molar-refractivity contribution in [3.63, 3.8) is 0 Å². The first-order valence-electron chi connectivity index (χ1n) is 10.6. The second kappa shape index (κ2) is 9.44. The molecule has 0 radical (unpaired) electrons. The summed E-state index contributed by atoms with van der Waals surface area (Å²) in [4.78, 5) is 16.1. The fraction of sp³-hybridized carbons (Fsp3) is 0.500. The molecule has 34 heavy (non-hydrogen) atoms. The molecule has 182 valence electrons. The highest BCUT2D eigenvalue weighted by Crippen LogP contribution is 2.40. The number of nitrogens with one attached hydrogen (secondary N) is 1. The Bertz CT molecular complexity index is 1240. The number of hydrogen-bond donors (Lipinski definition) is 1. The smallest absolute Gasteiger partial charge is 0.245 e. The van der Waals surface area contributed by atoms with Crippen LogP contribution < -0.4 is 14.2 Å². The number of hydrogen-bond acceptors (Lipinski definition) is 10. The van der Waals surface area contributed by atoms with Crippen molar-refractivity contribution in [3.05, 3.63) is 36.2 Å². The first-order valence-corrected chi connectivity index (χ1v) is 12.2. The van der Waals surface area contributed by atoms with Gasteiger partial charge in [-0.05, 0) is 19.8 Å². The average Bonchev–Trinajstić information content (AvgIpc) is 3.18. The summed E-state index contributed by atoms with van der Waals surface area (Å²) in [6.45, 7) is 3.17. The molecule has 0 bridgehead atoms. The molecule has 12 nitrogen and oxygen atoms in total. The zero-order valence-electron chi connectivity index (χ0n) is 19.1. The summed E-state index contributed by atoms with van der Waals surface area (Å²) >= 11 is 0. The van der Waals surface area contributed by atoms with Gasteiger partial charge in [-0.3, -0.25) is 9.29 Å². The Balaban J connectivity index is 1.74. The molecule has 3 aromatic heterocycles. The third kappa shape index (κ3) is 4.36. The lowest BCUT2D eigenvalue weighted by molar-refractivity contribution is 0.362. The second-order valence-electron chi connectivity index (χ2n) is 7.99. The number of halogens is 1. The van der Waals surface area contributed by atoms with Gasteiger partial charge >= 0.3 is 0 Å². The van der Waals surface area contributed by atoms with Crippen molar-refractivity contribution < 1.29 is 22.3 Å². The average molecular weight is 493 g/mol. The maximum absolute atomic E-state index is 13.3. The molecule has 0 unspecified atom stereocenters. The van der Waals surface area contributed by atoms with Gasteiger partial charge in [0.1, 0.15) is 18.0 Å². The van der Waals surface area contributed by atoms with Crippen molar-refractivity contribution in [2.24, 2.45) is 0 Å². The van der Waals surface area contributed by atoms with Crippen molar-refractivity contribution in [3.8, 4) is 17.4 Å². The van der Waals surface area contributed by atoms with Crippen LogP contribution in [0.25, 0.3) is 5.69 Å². The van der Waals surface area contributed by atoms with Gasteiger partial charge in [-0.1, -0.05) is 13.3 Å². The molecule has 1 aliphatic carbocycles. The Morgan fingerprint density at radius 1 is 1.06 bits per heavy atom. The van der Waals surface area contributed by atoms with E-state index in [2.05, 4.69) is 34.9 Å². The first-order chi connectivity index (χ1) is 16.3. The molecule has 4 rings (SSSR count). The molecular weight excluding hydrogens is 467 g/mol. The number of nitrogens with zero attached hydrogens (tertiary/aromatic N) is 7. The van der Waals surface area contributed by atoms with Crippen LogP contribution in [0, 0.1) is 5.82 Å². The number of rotatable bonds is 9. The standard InChI is InChI=1S/C20H25FN8O4S/c1-11(16-22-8-14(21)9-23-16)12(2)34(30,31)28-20-27-26-17(13-6-5-7-13)29(20)15-18(32-3)24-10-25-19(15)33-4/h8-13H,5-7H2,1-4H3,(H,27,28)/t11-,12-/m0/s1. The van der Waals surface area contributed by atoms with Crippen molar-refractivity contribution in [1.29, 1.82) is 0 Å². The van der Waals surface area contributed by atoms with Gasteiger partial charge in [0.25, 0.3) is 0 Å². The minimum Gasteiger partial charge on any atom is -0.479 e. The van der Waals surface area contributed by atoms with E-state index >= 15 is 0 Å². The fourth-order valence-electron chi connectivity index (χ4n) is 3.61. The van der Waals surface area contributed by atoms with E-state index in [1.165, 1.54) is 32.0 Å². The number of ether oxygens (including phenoxy) is 2. The van der Waals surface area contributed by atoms with E-state index in [0.717, 1.165) is 31.7 Å². The van der Waals surface area contributed by atoms with E-state index < -0.39 is 27.0 Å². The van der Waals surface area contributed by atoms with Crippen LogP contribution in [0.4, 0.5) is 10.3 Å². The van der Waals surface area contributed by atoms with Crippen LogP contribution in [-0.2, 0) is 10.0 Å². The molecule has 1 saturated carbocycles. The number of anilines is 1. The van der Waals surface area contributed by atoms with Crippen LogP contribution in [0.1, 0.15) is 56.6 Å². The lowest BCUT2D eigenvalue weighted by Crippen LogP contribution is -2.31. The topological polar surface area (TPSA) is 147 Å². The van der Waals surface area contributed by atoms with Gasteiger partial charge in [-0.25, -0.2) is 22.8 Å². The summed E-state index contributed by atoms with van der Waals surface area (Å²) in [6, 6.07) is 0. The van der Waals surface area contributed by atoms with E-state index in [4.69, 9.17) is 9.47 Å². The van der Waals surface area contributed by atoms with Crippen LogP contribution in [-0.4, -0.2) is 62.6 Å². The van der Waals surface area contributed by atoms with E-state index in [1.807, 2.05) is 0 Å². The minimum absolute atomic E-state index is 0.0487. The lowest BCUT2D eigenvalue weighted by Gasteiger charge is -2.26. The molecule has 1 fully saturated rings. The highest BCUT2D eigenvalue weighted by Gasteiger charge is 2.35. The van der Waals surface area contributed by atoms with Crippen molar-refractivity contribution in [1.82, 2.24) is 34.7 Å². The summed E-state index contributed by atoms with van der Waals surface area (Å²) in [6.07, 6.45) is 6.09. The quantitative estimate of drug-likeness (QED) is 0.471. The molecule has 0 aromatic carbocycles. The third-order valence-electron chi connectivity index (χ3n) is 6.00. The zero-order valence-corrected chi connectivity index (χ0v) is 20.0. The second-order valence-corrected chi connectivity index (χ2v) is 10.0. The molecule has 1 N–H and O–H groups in total. The van der Waals surface area contributed by atoms with E-state index in [1.54, 1.807) is 6.92 Å². The third-order valence-corrected chi connectivity index (χ3v) is 7.85. The Morgan fingerprint density at radius 2 is 1.68 bits per heavy atom. The van der Waals surface area contributed by atoms with Gasteiger partial charge in [-0.2, -0.15) is 9.97 Å². The van der Waals surface area contributed by atoms with Crippen LogP contribution >= 0.6 is 0 Å². The van der Waals surface area contributed by atoms with E-state index in [0.29, 0.717) is 11.5 Å². The molecule has 0 amide bonds. The molecular formula is C20H25FN8O4S. The zero-order chi connectivity index (χ0) is 24.5. The maximum atomic E-state index is 13.3. The highest BCUT2D eigenvalue weighted by molar-refractivity contribution is 7.93. The van der Waals surface area contributed by atoms with Gasteiger partial charge < -0.3 is 9.47 Å². The highest BCUT2D eigenvalue weighted by atomic mass is 32.2. The molecule has 0 spiro atoms. The molecule has 1 aliphatic rings. The summed E-state index contributed by atoms with van der Waals surface area (Å²) < 4.78 is 54.7. The van der Waals surface area contributed by atoms with Gasteiger partial charge in [0.05, 0.1) is 31.9 Å². The normalized spacial score (nSPS) is 15.9. The molecule has 0 saturated heterocycles. The van der Waals surface area contributed by atoms with Gasteiger partial charge in [-0.15, -0.1) is 10.2 Å². The largest absolute Gasteiger partial charge is 0.479 e. The Kier molecular flexibility index (Phi) is 6.59. The molecule has 2 atom stereocenters. The van der Waals surface area contributed by atoms with Crippen LogP contribution in [0.15, 0.2) is 18.7 Å². The fourth-order valence-corrected chi connectivity index (χ4v) is 4.84. The van der Waals surface area contributed by atoms with Gasteiger partial charge in [0.2, 0.25) is 27.7 Å². The molecule has 14 heteroatoms. The molecule has 3 heterocycles. The minimum atomic E-state index is -4.01. The van der Waals surface area contributed by atoms with Gasteiger partial charge in [0.15, 0.2) is 11.5 Å². The molecule has 3 aromatic rings. The Hall–Kier alpha value is -3.42. The Morgan fingerprint density at radius 3 is 2.21 bits per heavy atom. The molecule has 0 aliphatic heterocycles. The predicted octanol–water partition coefficient (Wildman–Crippen LogP) is 2.20. The summed E-state index contributed by atoms with van der Waals surface area (Å²) in [5.74, 6) is -0.0909. The van der Waals surface area contributed by atoms with E-state index in [9.17, 15) is 12.8 Å². The van der Waals surface area contributed by atoms with Crippen LogP contribution in [0.5, 0.6) is 11.8 Å². The predicted molar refractivity (Wildman–Crippen MR) is 119 cm³/mol. The van der Waals surface area contributed by atoms with Crippen molar-refractivity contribution in [2.45, 2.75) is 50.2 Å². The number of methoxy groups -OCH3 is 2. The number of sulfonamides is 1. The van der Waals surface area contributed by atoms with Crippen molar-refractivity contribution >= 4 is 16.0 Å². The van der Waals surface area contributed by atoms with Crippen LogP contribution in [0.2, 0.25) is 0 Å². The summed E-state index contributed by atoms with van der Waals surface area (Å²) in [7, 11) is -1.13. The van der Waals surface area contributed by atoms with Crippen LogP contribution in [0.3, 0.4) is 0 Å². The summed E-state index contributed by atoms with van der Waals surface area (Å²) in [5, 5.41) is 7.43. The Labute approximate surface area is 196 Å². The number of aromatic nitrogens is 7. The monoisotopic (exact) mass is 492 g/mol. The first kappa shape index (κ1) is 23.7. The lowest BCUT2D eigenvalue weighted by atomic mass is 9.85. The summed E-state index contributed by atoms with van der Waals surface area (Å²) in [5.41, 5.74) is 0.291.